The molecule has 9 heteroatoms. The van der Waals surface area contributed by atoms with E-state index >= 15 is 0 Å². The van der Waals surface area contributed by atoms with Gasteiger partial charge in [-0.15, -0.1) is 0 Å². The lowest BCUT2D eigenvalue weighted by molar-refractivity contribution is -0.312. The fraction of sp³-hybridized carbons (Fsp3) is 0.571. The number of ether oxygens (including phenoxy) is 4. The van der Waals surface area contributed by atoms with Crippen molar-refractivity contribution in [3.63, 3.8) is 0 Å². The van der Waals surface area contributed by atoms with Crippen LogP contribution in [0.25, 0.3) is 10.4 Å². The van der Waals surface area contributed by atoms with Crippen molar-refractivity contribution in [1.29, 1.82) is 0 Å². The van der Waals surface area contributed by atoms with Crippen LogP contribution in [0.5, 0.6) is 5.75 Å². The first-order chi connectivity index (χ1) is 11.1. The molecule has 0 aromatic heterocycles. The van der Waals surface area contributed by atoms with Gasteiger partial charge in [-0.25, -0.2) is 0 Å². The smallest absolute Gasteiger partial charge is 0.184 e. The molecule has 6 atom stereocenters. The Kier molecular flexibility index (Phi) is 4.67. The molecule has 2 heterocycles. The van der Waals surface area contributed by atoms with Gasteiger partial charge in [-0.3, -0.25) is 0 Å². The van der Waals surface area contributed by atoms with Crippen LogP contribution in [0.4, 0.5) is 0 Å². The predicted octanol–water partition coefficient (Wildman–Crippen LogP) is 0.833. The van der Waals surface area contributed by atoms with E-state index in [4.69, 9.17) is 30.2 Å². The third-order valence-corrected chi connectivity index (χ3v) is 3.99. The number of nitrogens with two attached hydrogens (primary N) is 1. The molecule has 3 rings (SSSR count). The highest BCUT2D eigenvalue weighted by Crippen LogP contribution is 2.34. The van der Waals surface area contributed by atoms with Crippen molar-refractivity contribution in [2.45, 2.75) is 36.9 Å². The van der Waals surface area contributed by atoms with Crippen molar-refractivity contribution in [3.8, 4) is 5.75 Å². The fourth-order valence-electron chi connectivity index (χ4n) is 2.71. The Bertz CT molecular complexity index is 589. The minimum absolute atomic E-state index is 0.197. The van der Waals surface area contributed by atoms with Crippen LogP contribution in [0.3, 0.4) is 0 Å². The minimum atomic E-state index is -1.02. The number of aliphatic hydroxyl groups is 1. The number of hydrogen-bond donors (Lipinski definition) is 2. The van der Waals surface area contributed by atoms with Gasteiger partial charge in [0.05, 0.1) is 19.8 Å². The van der Waals surface area contributed by atoms with Gasteiger partial charge in [-0.1, -0.05) is 17.2 Å². The Morgan fingerprint density at radius 3 is 2.74 bits per heavy atom. The van der Waals surface area contributed by atoms with Crippen LogP contribution in [-0.4, -0.2) is 49.4 Å². The highest BCUT2D eigenvalue weighted by Gasteiger charge is 2.47. The highest BCUT2D eigenvalue weighted by atomic mass is 16.7. The summed E-state index contributed by atoms with van der Waals surface area (Å²) in [6, 6.07) is 6.38. The van der Waals surface area contributed by atoms with Gasteiger partial charge < -0.3 is 29.8 Å². The molecule has 0 amide bonds. The van der Waals surface area contributed by atoms with Crippen molar-refractivity contribution in [2.24, 2.45) is 10.8 Å². The van der Waals surface area contributed by atoms with Crippen LogP contribution in [-0.2, 0) is 14.2 Å². The van der Waals surface area contributed by atoms with Crippen LogP contribution < -0.4 is 10.5 Å². The molecule has 2 fully saturated rings. The third kappa shape index (κ3) is 3.11. The minimum Gasteiger partial charge on any atom is -0.497 e. The van der Waals surface area contributed by atoms with E-state index in [1.807, 2.05) is 12.1 Å². The molecule has 0 bridgehead atoms. The fourth-order valence-corrected chi connectivity index (χ4v) is 2.71. The molecular weight excluding hydrogens is 304 g/mol. The van der Waals surface area contributed by atoms with Gasteiger partial charge in [-0.2, -0.15) is 0 Å². The summed E-state index contributed by atoms with van der Waals surface area (Å²) in [6.45, 7) is 0.197. The van der Waals surface area contributed by atoms with E-state index in [0.717, 1.165) is 11.3 Å². The number of fused-ring (bicyclic) bond motifs is 1. The summed E-state index contributed by atoms with van der Waals surface area (Å²) in [5.74, 6) is 0.725. The zero-order chi connectivity index (χ0) is 16.4. The predicted molar refractivity (Wildman–Crippen MR) is 78.3 cm³/mol. The quantitative estimate of drug-likeness (QED) is 0.481. The van der Waals surface area contributed by atoms with Gasteiger partial charge in [0.1, 0.15) is 24.1 Å². The molecule has 2 saturated heterocycles. The Morgan fingerprint density at radius 2 is 2.09 bits per heavy atom. The van der Waals surface area contributed by atoms with E-state index < -0.39 is 36.9 Å². The maximum Gasteiger partial charge on any atom is 0.184 e. The number of nitrogens with zero attached hydrogens (tertiary/aromatic N) is 3. The summed E-state index contributed by atoms with van der Waals surface area (Å²) in [7, 11) is 1.59. The molecule has 0 spiro atoms. The SMILES string of the molecule is COc1ccc(C2OCC3O[C@@H](N=[N+]=[N-])C(N)[C@@H](O)[C@H]3O2)cc1. The summed E-state index contributed by atoms with van der Waals surface area (Å²) in [5, 5.41) is 13.8. The molecule has 1 aromatic rings. The van der Waals surface area contributed by atoms with Crippen molar-refractivity contribution in [2.75, 3.05) is 13.7 Å². The van der Waals surface area contributed by atoms with Gasteiger partial charge >= 0.3 is 0 Å². The van der Waals surface area contributed by atoms with Crippen LogP contribution in [0.1, 0.15) is 11.9 Å². The van der Waals surface area contributed by atoms with E-state index in [0.29, 0.717) is 0 Å². The lowest BCUT2D eigenvalue weighted by Crippen LogP contribution is -2.63. The van der Waals surface area contributed by atoms with Gasteiger partial charge in [0, 0.05) is 10.5 Å². The normalized spacial score (nSPS) is 36.7. The number of methoxy groups -OCH3 is 1. The zero-order valence-electron chi connectivity index (χ0n) is 12.5. The standard InChI is InChI=1S/C14H18N4O5/c1-20-8-4-2-7(3-5-8)14-21-6-9-12(23-14)11(19)10(15)13(22-9)17-18-16/h2-5,9-14,19H,6,15H2,1H3/t9?,10?,11-,12+,13-,14?/m1/s1. The van der Waals surface area contributed by atoms with E-state index in [2.05, 4.69) is 10.0 Å². The summed E-state index contributed by atoms with van der Waals surface area (Å²) in [5.41, 5.74) is 15.2. The number of hydrogen-bond acceptors (Lipinski definition) is 7. The summed E-state index contributed by atoms with van der Waals surface area (Å²) in [6.07, 6.45) is -3.80. The third-order valence-electron chi connectivity index (χ3n) is 3.99. The second-order valence-electron chi connectivity index (χ2n) is 5.38. The number of benzene rings is 1. The van der Waals surface area contributed by atoms with Crippen molar-refractivity contribution in [1.82, 2.24) is 0 Å². The summed E-state index contributed by atoms with van der Waals surface area (Å²) in [4.78, 5) is 2.68. The second-order valence-corrected chi connectivity index (χ2v) is 5.38. The maximum atomic E-state index is 10.3. The van der Waals surface area contributed by atoms with E-state index in [1.54, 1.807) is 19.2 Å². The van der Waals surface area contributed by atoms with Crippen molar-refractivity contribution in [3.05, 3.63) is 40.3 Å². The number of aliphatic hydroxyl groups excluding tert-OH is 1. The Hall–Kier alpha value is -1.87. The summed E-state index contributed by atoms with van der Waals surface area (Å²) < 4.78 is 22.1. The lowest BCUT2D eigenvalue weighted by Gasteiger charge is -2.46. The zero-order valence-corrected chi connectivity index (χ0v) is 12.5. The van der Waals surface area contributed by atoms with E-state index in [9.17, 15) is 5.11 Å². The number of rotatable bonds is 3. The van der Waals surface area contributed by atoms with Gasteiger partial charge in [-0.05, 0) is 17.7 Å². The van der Waals surface area contributed by atoms with Crippen molar-refractivity contribution < 1.29 is 24.1 Å². The first-order valence-corrected chi connectivity index (χ1v) is 7.18. The lowest BCUT2D eigenvalue weighted by atomic mass is 9.96. The molecule has 1 aromatic carbocycles. The van der Waals surface area contributed by atoms with Gasteiger partial charge in [0.15, 0.2) is 12.5 Å². The number of azide groups is 1. The second kappa shape index (κ2) is 6.71. The topological polar surface area (TPSA) is 132 Å². The van der Waals surface area contributed by atoms with Crippen LogP contribution in [0.15, 0.2) is 29.4 Å². The molecule has 9 nitrogen and oxygen atoms in total. The summed E-state index contributed by atoms with van der Waals surface area (Å²) >= 11 is 0. The molecule has 2 aliphatic rings. The van der Waals surface area contributed by atoms with Gasteiger partial charge in [0.25, 0.3) is 0 Å². The van der Waals surface area contributed by atoms with Crippen molar-refractivity contribution >= 4 is 0 Å². The highest BCUT2D eigenvalue weighted by molar-refractivity contribution is 5.28. The van der Waals surface area contributed by atoms with Crippen LogP contribution in [0.2, 0.25) is 0 Å². The first kappa shape index (κ1) is 16.0. The molecule has 0 saturated carbocycles. The molecular formula is C14H18N4O5. The molecule has 3 N–H and O–H groups in total. The maximum absolute atomic E-state index is 10.3. The largest absolute Gasteiger partial charge is 0.497 e. The molecule has 0 radical (unpaired) electrons. The molecule has 2 aliphatic heterocycles. The molecule has 0 aliphatic carbocycles. The van der Waals surface area contributed by atoms with Gasteiger partial charge in [0.2, 0.25) is 0 Å². The van der Waals surface area contributed by atoms with Crippen LogP contribution in [0, 0.1) is 0 Å². The Balaban J connectivity index is 1.73. The molecule has 3 unspecified atom stereocenters. The van der Waals surface area contributed by atoms with E-state index in [-0.39, 0.29) is 6.61 Å². The average molecular weight is 322 g/mol. The van der Waals surface area contributed by atoms with Crippen LogP contribution >= 0.6 is 0 Å². The van der Waals surface area contributed by atoms with E-state index in [1.165, 1.54) is 0 Å². The first-order valence-electron chi connectivity index (χ1n) is 7.18. The Morgan fingerprint density at radius 1 is 1.35 bits per heavy atom. The molecule has 23 heavy (non-hydrogen) atoms. The Labute approximate surface area is 132 Å². The average Bonchev–Trinajstić information content (AvgIpc) is 2.59. The monoisotopic (exact) mass is 322 g/mol. The molecule has 124 valence electrons.